The fourth-order valence-corrected chi connectivity index (χ4v) is 3.69. The van der Waals surface area contributed by atoms with E-state index in [0.29, 0.717) is 11.8 Å². The molecule has 1 aromatic rings. The van der Waals surface area contributed by atoms with Crippen molar-refractivity contribution in [3.05, 3.63) is 28.2 Å². The fourth-order valence-electron chi connectivity index (χ4n) is 2.95. The van der Waals surface area contributed by atoms with Crippen LogP contribution in [0, 0.1) is 12.8 Å². The molecule has 3 rings (SSSR count). The van der Waals surface area contributed by atoms with E-state index in [1.807, 2.05) is 0 Å². The number of piperazine rings is 1. The fraction of sp³-hybridized carbons (Fsp3) is 0.562. The summed E-state index contributed by atoms with van der Waals surface area (Å²) in [6.07, 6.45) is 3.43. The van der Waals surface area contributed by atoms with E-state index in [1.165, 1.54) is 17.7 Å². The van der Waals surface area contributed by atoms with Crippen LogP contribution in [0.3, 0.4) is 0 Å². The van der Waals surface area contributed by atoms with Crippen LogP contribution in [0.5, 0.6) is 0 Å². The largest absolute Gasteiger partial charge is 0.367 e. The van der Waals surface area contributed by atoms with Crippen molar-refractivity contribution in [3.8, 4) is 0 Å². The van der Waals surface area contributed by atoms with Gasteiger partial charge in [0.2, 0.25) is 5.91 Å². The third-order valence-corrected chi connectivity index (χ3v) is 5.12. The maximum Gasteiger partial charge on any atom is 0.225 e. The summed E-state index contributed by atoms with van der Waals surface area (Å²) < 4.78 is 1.15. The van der Waals surface area contributed by atoms with Crippen molar-refractivity contribution in [2.45, 2.75) is 26.2 Å². The van der Waals surface area contributed by atoms with Crippen LogP contribution in [0.1, 0.15) is 24.8 Å². The van der Waals surface area contributed by atoms with E-state index in [2.05, 4.69) is 50.9 Å². The van der Waals surface area contributed by atoms with Gasteiger partial charge in [0.1, 0.15) is 0 Å². The number of anilines is 1. The second-order valence-corrected chi connectivity index (χ2v) is 6.75. The van der Waals surface area contributed by atoms with Gasteiger partial charge in [-0.05, 0) is 53.4 Å². The second kappa shape index (κ2) is 5.76. The standard InChI is InChI=1S/C16H21BrN2O/c1-12-5-6-15(14(17)11-12)18-7-9-19(10-8-18)16(20)13-3-2-4-13/h5-6,11,13H,2-4,7-10H2,1H3. The lowest BCUT2D eigenvalue weighted by atomic mass is 9.84. The molecule has 2 aliphatic rings. The number of hydrogen-bond acceptors (Lipinski definition) is 2. The molecule has 0 unspecified atom stereocenters. The van der Waals surface area contributed by atoms with Crippen LogP contribution < -0.4 is 4.90 Å². The highest BCUT2D eigenvalue weighted by molar-refractivity contribution is 9.10. The van der Waals surface area contributed by atoms with Gasteiger partial charge in [-0.1, -0.05) is 12.5 Å². The van der Waals surface area contributed by atoms with Gasteiger partial charge in [0, 0.05) is 36.6 Å². The zero-order valence-corrected chi connectivity index (χ0v) is 13.5. The number of nitrogens with zero attached hydrogens (tertiary/aromatic N) is 2. The predicted octanol–water partition coefficient (Wildman–Crippen LogP) is 3.21. The number of carbonyl (C=O) groups excluding carboxylic acids is 1. The summed E-state index contributed by atoms with van der Waals surface area (Å²) in [7, 11) is 0. The molecule has 1 amide bonds. The molecule has 108 valence electrons. The number of hydrogen-bond donors (Lipinski definition) is 0. The number of halogens is 1. The third kappa shape index (κ3) is 2.71. The molecule has 0 bridgehead atoms. The quantitative estimate of drug-likeness (QED) is 0.827. The Kier molecular flexibility index (Phi) is 4.01. The Morgan fingerprint density at radius 2 is 1.90 bits per heavy atom. The summed E-state index contributed by atoms with van der Waals surface area (Å²) in [5.41, 5.74) is 2.51. The maximum absolute atomic E-state index is 12.2. The Hall–Kier alpha value is -1.03. The van der Waals surface area contributed by atoms with Gasteiger partial charge < -0.3 is 9.80 Å². The molecule has 1 saturated heterocycles. The van der Waals surface area contributed by atoms with Crippen molar-refractivity contribution < 1.29 is 4.79 Å². The highest BCUT2D eigenvalue weighted by Crippen LogP contribution is 2.30. The lowest BCUT2D eigenvalue weighted by Gasteiger charge is -2.39. The Morgan fingerprint density at radius 3 is 2.45 bits per heavy atom. The van der Waals surface area contributed by atoms with Crippen LogP contribution in [0.2, 0.25) is 0 Å². The number of benzene rings is 1. The molecule has 0 aromatic heterocycles. The normalized spacial score (nSPS) is 19.9. The highest BCUT2D eigenvalue weighted by Gasteiger charge is 2.31. The van der Waals surface area contributed by atoms with E-state index < -0.39 is 0 Å². The first kappa shape index (κ1) is 13.9. The molecule has 0 N–H and O–H groups in total. The predicted molar refractivity (Wildman–Crippen MR) is 85.0 cm³/mol. The van der Waals surface area contributed by atoms with Crippen molar-refractivity contribution >= 4 is 27.5 Å². The lowest BCUT2D eigenvalue weighted by Crippen LogP contribution is -2.51. The SMILES string of the molecule is Cc1ccc(N2CCN(C(=O)C3CCC3)CC2)c(Br)c1. The molecule has 20 heavy (non-hydrogen) atoms. The van der Waals surface area contributed by atoms with Gasteiger partial charge in [-0.3, -0.25) is 4.79 Å². The molecule has 1 aromatic carbocycles. The van der Waals surface area contributed by atoms with Gasteiger partial charge in [-0.25, -0.2) is 0 Å². The summed E-state index contributed by atoms with van der Waals surface area (Å²) in [5.74, 6) is 0.714. The average molecular weight is 337 g/mol. The Labute approximate surface area is 129 Å². The van der Waals surface area contributed by atoms with Gasteiger partial charge in [0.25, 0.3) is 0 Å². The minimum absolute atomic E-state index is 0.327. The second-order valence-electron chi connectivity index (χ2n) is 5.90. The number of carbonyl (C=O) groups is 1. The maximum atomic E-state index is 12.2. The number of aryl methyl sites for hydroxylation is 1. The highest BCUT2D eigenvalue weighted by atomic mass is 79.9. The summed E-state index contributed by atoms with van der Waals surface area (Å²) >= 11 is 3.65. The van der Waals surface area contributed by atoms with E-state index in [9.17, 15) is 4.79 Å². The lowest BCUT2D eigenvalue weighted by molar-refractivity contribution is -0.138. The molecular weight excluding hydrogens is 316 g/mol. The molecule has 3 nitrogen and oxygen atoms in total. The van der Waals surface area contributed by atoms with Crippen LogP contribution in [-0.2, 0) is 4.79 Å². The molecule has 0 spiro atoms. The van der Waals surface area contributed by atoms with Gasteiger partial charge in [0.05, 0.1) is 5.69 Å². The molecule has 1 aliphatic carbocycles. The van der Waals surface area contributed by atoms with Crippen molar-refractivity contribution in [2.24, 2.45) is 5.92 Å². The molecule has 0 atom stereocenters. The molecule has 1 heterocycles. The molecular formula is C16H21BrN2O. The monoisotopic (exact) mass is 336 g/mol. The van der Waals surface area contributed by atoms with E-state index >= 15 is 0 Å². The zero-order valence-electron chi connectivity index (χ0n) is 11.9. The minimum Gasteiger partial charge on any atom is -0.367 e. The van der Waals surface area contributed by atoms with E-state index in [1.54, 1.807) is 0 Å². The first-order chi connectivity index (χ1) is 9.65. The smallest absolute Gasteiger partial charge is 0.225 e. The minimum atomic E-state index is 0.327. The van der Waals surface area contributed by atoms with Gasteiger partial charge in [0.15, 0.2) is 0 Å². The van der Waals surface area contributed by atoms with Crippen LogP contribution in [0.4, 0.5) is 5.69 Å². The Balaban J connectivity index is 1.61. The summed E-state index contributed by atoms with van der Waals surface area (Å²) in [5, 5.41) is 0. The van der Waals surface area contributed by atoms with E-state index in [4.69, 9.17) is 0 Å². The first-order valence-corrected chi connectivity index (χ1v) is 8.24. The average Bonchev–Trinajstić information content (AvgIpc) is 2.37. The van der Waals surface area contributed by atoms with Crippen molar-refractivity contribution in [1.29, 1.82) is 0 Å². The van der Waals surface area contributed by atoms with Crippen molar-refractivity contribution in [2.75, 3.05) is 31.1 Å². The summed E-state index contributed by atoms with van der Waals surface area (Å²) in [4.78, 5) is 16.7. The number of rotatable bonds is 2. The number of amides is 1. The molecule has 1 aliphatic heterocycles. The first-order valence-electron chi connectivity index (χ1n) is 7.45. The summed E-state index contributed by atoms with van der Waals surface area (Å²) in [6, 6.07) is 6.47. The molecule has 4 heteroatoms. The van der Waals surface area contributed by atoms with Crippen LogP contribution >= 0.6 is 15.9 Å². The van der Waals surface area contributed by atoms with Crippen molar-refractivity contribution in [3.63, 3.8) is 0 Å². The summed E-state index contributed by atoms with van der Waals surface area (Å²) in [6.45, 7) is 5.68. The van der Waals surface area contributed by atoms with Crippen LogP contribution in [0.25, 0.3) is 0 Å². The third-order valence-electron chi connectivity index (χ3n) is 4.49. The molecule has 0 radical (unpaired) electrons. The van der Waals surface area contributed by atoms with Gasteiger partial charge in [-0.15, -0.1) is 0 Å². The van der Waals surface area contributed by atoms with Crippen LogP contribution in [-0.4, -0.2) is 37.0 Å². The van der Waals surface area contributed by atoms with Crippen LogP contribution in [0.15, 0.2) is 22.7 Å². The van der Waals surface area contributed by atoms with Crippen molar-refractivity contribution in [1.82, 2.24) is 4.90 Å². The van der Waals surface area contributed by atoms with E-state index in [0.717, 1.165) is 43.5 Å². The van der Waals surface area contributed by atoms with Gasteiger partial charge >= 0.3 is 0 Å². The molecule has 1 saturated carbocycles. The Bertz CT molecular complexity index is 505. The topological polar surface area (TPSA) is 23.6 Å². The zero-order chi connectivity index (χ0) is 14.1. The molecule has 2 fully saturated rings. The van der Waals surface area contributed by atoms with E-state index in [-0.39, 0.29) is 0 Å². The van der Waals surface area contributed by atoms with Gasteiger partial charge in [-0.2, -0.15) is 0 Å². The Morgan fingerprint density at radius 1 is 1.20 bits per heavy atom.